The van der Waals surface area contributed by atoms with Gasteiger partial charge in [0, 0.05) is 43.6 Å². The van der Waals surface area contributed by atoms with E-state index in [1.165, 1.54) is 15.6 Å². The van der Waals surface area contributed by atoms with Crippen molar-refractivity contribution in [1.29, 1.82) is 5.26 Å². The predicted octanol–water partition coefficient (Wildman–Crippen LogP) is 2.84. The van der Waals surface area contributed by atoms with Gasteiger partial charge in [0.1, 0.15) is 16.6 Å². The number of pyridine rings is 1. The molecular weight excluding hydrogens is 524 g/mol. The number of piperidine rings is 2. The summed E-state index contributed by atoms with van der Waals surface area (Å²) in [6, 6.07) is 12.3. The molecule has 0 spiro atoms. The molecule has 0 radical (unpaired) electrons. The van der Waals surface area contributed by atoms with Crippen LogP contribution in [0.1, 0.15) is 37.1 Å². The summed E-state index contributed by atoms with van der Waals surface area (Å²) in [5, 5.41) is 32.9. The molecule has 0 aliphatic carbocycles. The Labute approximate surface area is 225 Å². The summed E-state index contributed by atoms with van der Waals surface area (Å²) in [4.78, 5) is 7.14. The molecule has 1 aromatic carbocycles. The summed E-state index contributed by atoms with van der Waals surface area (Å²) in [6.45, 7) is 0.427. The smallest absolute Gasteiger partial charge is 0.282 e. The van der Waals surface area contributed by atoms with Crippen molar-refractivity contribution < 1.29 is 13.5 Å². The van der Waals surface area contributed by atoms with E-state index < -0.39 is 10.2 Å². The molecule has 3 aromatic rings. The third kappa shape index (κ3) is 4.50. The van der Waals surface area contributed by atoms with Crippen LogP contribution in [-0.4, -0.2) is 75.6 Å². The number of aromatic nitrogens is 3. The number of anilines is 3. The molecule has 2 aromatic heterocycles. The highest BCUT2D eigenvalue weighted by atomic mass is 32.2. The zero-order valence-corrected chi connectivity index (χ0v) is 22.7. The van der Waals surface area contributed by atoms with E-state index in [0.29, 0.717) is 29.0 Å². The van der Waals surface area contributed by atoms with Crippen molar-refractivity contribution in [3.63, 3.8) is 0 Å². The highest BCUT2D eigenvalue weighted by molar-refractivity contribution is 7.86. The lowest BCUT2D eigenvalue weighted by molar-refractivity contribution is 0.0932. The number of benzene rings is 1. The van der Waals surface area contributed by atoms with Crippen LogP contribution in [0.15, 0.2) is 30.3 Å². The maximum Gasteiger partial charge on any atom is 0.282 e. The van der Waals surface area contributed by atoms with Crippen molar-refractivity contribution in [1.82, 2.24) is 23.8 Å². The average Bonchev–Trinajstić information content (AvgIpc) is 3.34. The van der Waals surface area contributed by atoms with Crippen LogP contribution in [0.5, 0.6) is 0 Å². The van der Waals surface area contributed by atoms with Crippen molar-refractivity contribution in [3.05, 3.63) is 35.3 Å². The summed E-state index contributed by atoms with van der Waals surface area (Å²) in [6.07, 6.45) is 4.18. The topological polar surface area (TPSA) is 139 Å². The Morgan fingerprint density at radius 1 is 1.21 bits per heavy atom. The largest absolute Gasteiger partial charge is 0.389 e. The number of nitriles is 1. The SMILES string of the molecule is CN(c1cc2ccccc2c(Nc2nnc(CO)s2)n1)C1C[C@H]2CCC[C@@H](C1)N2S(=O)(=O)N1CC(C#N)C1. The molecule has 13 heteroatoms. The number of aliphatic hydroxyl groups excluding tert-OH is 1. The first-order valence-corrected chi connectivity index (χ1v) is 15.1. The molecule has 3 atom stereocenters. The summed E-state index contributed by atoms with van der Waals surface area (Å²) in [7, 11) is -1.53. The molecule has 3 saturated heterocycles. The summed E-state index contributed by atoms with van der Waals surface area (Å²) >= 11 is 1.28. The third-order valence-corrected chi connectivity index (χ3v) is 10.9. The molecule has 200 valence electrons. The van der Waals surface area contributed by atoms with Crippen molar-refractivity contribution in [2.75, 3.05) is 30.4 Å². The fourth-order valence-electron chi connectivity index (χ4n) is 5.96. The zero-order valence-electron chi connectivity index (χ0n) is 21.1. The highest BCUT2D eigenvalue weighted by Gasteiger charge is 2.49. The summed E-state index contributed by atoms with van der Waals surface area (Å²) in [5.74, 6) is 1.26. The van der Waals surface area contributed by atoms with E-state index >= 15 is 0 Å². The van der Waals surface area contributed by atoms with E-state index in [4.69, 9.17) is 10.2 Å². The van der Waals surface area contributed by atoms with Gasteiger partial charge >= 0.3 is 0 Å². The Hall–Kier alpha value is -2.89. The quantitative estimate of drug-likeness (QED) is 0.451. The molecule has 6 rings (SSSR count). The summed E-state index contributed by atoms with van der Waals surface area (Å²) in [5.41, 5.74) is 0. The lowest BCUT2D eigenvalue weighted by Gasteiger charge is -2.52. The van der Waals surface area contributed by atoms with Crippen LogP contribution in [0, 0.1) is 17.2 Å². The number of fused-ring (bicyclic) bond motifs is 3. The molecule has 5 heterocycles. The molecule has 0 amide bonds. The molecule has 3 fully saturated rings. The Morgan fingerprint density at radius 2 is 1.95 bits per heavy atom. The number of nitrogens with zero attached hydrogens (tertiary/aromatic N) is 7. The normalized spacial score (nSPS) is 24.6. The average molecular weight is 555 g/mol. The van der Waals surface area contributed by atoms with E-state index in [2.05, 4.69) is 32.5 Å². The molecule has 1 unspecified atom stereocenters. The number of hydrogen-bond donors (Lipinski definition) is 2. The van der Waals surface area contributed by atoms with E-state index in [0.717, 1.165) is 48.7 Å². The second-order valence-corrected chi connectivity index (χ2v) is 13.2. The number of hydrogen-bond acceptors (Lipinski definition) is 10. The standard InChI is InChI=1S/C25H30N8O3S2/c1-31(20-10-18-6-4-7-19(11-20)33(18)38(35,36)32-13-16(12-26)14-32)22-9-17-5-2-3-8-21(17)24(27-22)28-25-30-29-23(15-34)37-25/h2-3,5,8-9,16,18-20,34H,4,6-7,10-11,13-15H2,1H3,(H,27,28,30)/t18-,19+,20?. The van der Waals surface area contributed by atoms with Gasteiger partial charge in [-0.05, 0) is 37.1 Å². The van der Waals surface area contributed by atoms with Crippen molar-refractivity contribution in [2.24, 2.45) is 5.92 Å². The lowest BCUT2D eigenvalue weighted by Crippen LogP contribution is -2.64. The van der Waals surface area contributed by atoms with Gasteiger partial charge in [0.15, 0.2) is 0 Å². The molecule has 0 saturated carbocycles. The van der Waals surface area contributed by atoms with Crippen LogP contribution >= 0.6 is 11.3 Å². The monoisotopic (exact) mass is 554 g/mol. The molecule has 38 heavy (non-hydrogen) atoms. The van der Waals surface area contributed by atoms with Gasteiger partial charge < -0.3 is 15.3 Å². The van der Waals surface area contributed by atoms with Gasteiger partial charge in [-0.25, -0.2) is 4.98 Å². The van der Waals surface area contributed by atoms with E-state index in [-0.39, 0.29) is 30.7 Å². The van der Waals surface area contributed by atoms with Crippen molar-refractivity contribution in [3.8, 4) is 6.07 Å². The van der Waals surface area contributed by atoms with Gasteiger partial charge in [0.2, 0.25) is 5.13 Å². The van der Waals surface area contributed by atoms with Crippen LogP contribution in [0.25, 0.3) is 10.8 Å². The number of aliphatic hydroxyl groups is 1. The first-order chi connectivity index (χ1) is 18.4. The maximum atomic E-state index is 13.5. The van der Waals surface area contributed by atoms with E-state index in [1.807, 2.05) is 31.3 Å². The van der Waals surface area contributed by atoms with Crippen molar-refractivity contribution in [2.45, 2.75) is 56.8 Å². The van der Waals surface area contributed by atoms with E-state index in [9.17, 15) is 13.5 Å². The predicted molar refractivity (Wildman–Crippen MR) is 145 cm³/mol. The fraction of sp³-hybridized carbons (Fsp3) is 0.520. The Balaban J connectivity index is 1.26. The minimum Gasteiger partial charge on any atom is -0.389 e. The molecule has 2 bridgehead atoms. The van der Waals surface area contributed by atoms with Gasteiger partial charge in [-0.15, -0.1) is 10.2 Å². The molecule has 3 aliphatic heterocycles. The maximum absolute atomic E-state index is 13.5. The number of rotatable bonds is 7. The molecule has 2 N–H and O–H groups in total. The van der Waals surface area contributed by atoms with Crippen molar-refractivity contribution >= 4 is 49.1 Å². The Bertz CT molecular complexity index is 1470. The van der Waals surface area contributed by atoms with Crippen LogP contribution in [0.3, 0.4) is 0 Å². The van der Waals surface area contributed by atoms with Gasteiger partial charge in [-0.3, -0.25) is 0 Å². The second kappa shape index (κ2) is 10.0. The Morgan fingerprint density at radius 3 is 2.63 bits per heavy atom. The van der Waals surface area contributed by atoms with Crippen LogP contribution < -0.4 is 10.2 Å². The van der Waals surface area contributed by atoms with Crippen LogP contribution in [0.2, 0.25) is 0 Å². The first kappa shape index (κ1) is 25.4. The van der Waals surface area contributed by atoms with Gasteiger partial charge in [0.05, 0.1) is 18.6 Å². The molecule has 3 aliphatic rings. The molecular formula is C25H30N8O3S2. The number of nitrogens with one attached hydrogen (secondary N) is 1. The van der Waals surface area contributed by atoms with Gasteiger partial charge in [-0.1, -0.05) is 42.0 Å². The Kier molecular flexibility index (Phi) is 6.69. The zero-order chi connectivity index (χ0) is 26.4. The minimum atomic E-state index is -3.57. The fourth-order valence-corrected chi connectivity index (χ4v) is 8.70. The third-order valence-electron chi connectivity index (χ3n) is 7.97. The molecule has 11 nitrogen and oxygen atoms in total. The van der Waals surface area contributed by atoms with Gasteiger partial charge in [0.25, 0.3) is 10.2 Å². The second-order valence-electron chi connectivity index (χ2n) is 10.3. The van der Waals surface area contributed by atoms with E-state index in [1.54, 1.807) is 4.31 Å². The van der Waals surface area contributed by atoms with Crippen LogP contribution in [0.4, 0.5) is 16.8 Å². The minimum absolute atomic E-state index is 0.0579. The summed E-state index contributed by atoms with van der Waals surface area (Å²) < 4.78 is 30.1. The highest BCUT2D eigenvalue weighted by Crippen LogP contribution is 2.41. The lowest BCUT2D eigenvalue weighted by atomic mass is 9.83. The first-order valence-electron chi connectivity index (χ1n) is 12.9. The van der Waals surface area contributed by atoms with Gasteiger partial charge in [-0.2, -0.15) is 22.3 Å². The van der Waals surface area contributed by atoms with Crippen LogP contribution in [-0.2, 0) is 16.8 Å².